The molecule has 0 radical (unpaired) electrons. The van der Waals surface area contributed by atoms with Crippen LogP contribution in [0.1, 0.15) is 27.7 Å². The second-order valence-corrected chi connectivity index (χ2v) is 2.55. The highest BCUT2D eigenvalue weighted by Gasteiger charge is 1.82. The fourth-order valence-electron chi connectivity index (χ4n) is 0.264. The average molecular weight is 163 g/mol. The van der Waals surface area contributed by atoms with Crippen molar-refractivity contribution in [3.05, 3.63) is 0 Å². The lowest BCUT2D eigenvalue weighted by Crippen LogP contribution is -1.88. The molecule has 0 bridgehead atoms. The van der Waals surface area contributed by atoms with E-state index in [1.807, 2.05) is 27.7 Å². The predicted octanol–water partition coefficient (Wildman–Crippen LogP) is 2.40. The van der Waals surface area contributed by atoms with Gasteiger partial charge < -0.3 is 0 Å². The minimum Gasteiger partial charge on any atom is -0.223 e. The Balaban J connectivity index is 0. The van der Waals surface area contributed by atoms with Gasteiger partial charge in [-0.15, -0.1) is 12.4 Å². The van der Waals surface area contributed by atoms with Gasteiger partial charge in [0.15, 0.2) is 0 Å². The third kappa shape index (κ3) is 10.6. The second-order valence-electron chi connectivity index (χ2n) is 2.55. The van der Waals surface area contributed by atoms with E-state index in [1.54, 1.807) is 0 Å². The van der Waals surface area contributed by atoms with Crippen molar-refractivity contribution in [2.75, 3.05) is 0 Å². The minimum atomic E-state index is 0. The van der Waals surface area contributed by atoms with Crippen LogP contribution >= 0.6 is 12.4 Å². The summed E-state index contributed by atoms with van der Waals surface area (Å²) in [5, 5.41) is 0. The van der Waals surface area contributed by atoms with Crippen LogP contribution < -0.4 is 0 Å². The number of hydrogen-bond donors (Lipinski definition) is 0. The van der Waals surface area contributed by atoms with Crippen LogP contribution in [0.4, 0.5) is 0 Å². The molecule has 0 fully saturated rings. The average Bonchev–Trinajstić information content (AvgIpc) is 1.63. The third-order valence-electron chi connectivity index (χ3n) is 0.632. The van der Waals surface area contributed by atoms with E-state index in [2.05, 4.69) is 16.0 Å². The minimum absolute atomic E-state index is 0. The summed E-state index contributed by atoms with van der Waals surface area (Å²) in [7, 11) is 0. The maximum absolute atomic E-state index is 3.95. The zero-order valence-corrected chi connectivity index (χ0v) is 7.77. The van der Waals surface area contributed by atoms with Crippen LogP contribution in [-0.4, -0.2) is 18.1 Å². The molecule has 0 spiro atoms. The number of hydrogen-bond acceptors (Lipinski definition) is 2. The summed E-state index contributed by atoms with van der Waals surface area (Å²) in [4.78, 5) is 7.90. The molecule has 0 aromatic heterocycles. The van der Waals surface area contributed by atoms with Crippen LogP contribution in [0.3, 0.4) is 0 Å². The molecule has 0 aliphatic rings. The van der Waals surface area contributed by atoms with Gasteiger partial charge in [0.05, 0.1) is 18.1 Å². The summed E-state index contributed by atoms with van der Waals surface area (Å²) in [5.41, 5.74) is 0. The molecule has 3 heteroatoms. The molecule has 0 aliphatic carbocycles. The largest absolute Gasteiger partial charge is 0.223 e. The monoisotopic (exact) mass is 162 g/mol. The van der Waals surface area contributed by atoms with Gasteiger partial charge >= 0.3 is 0 Å². The van der Waals surface area contributed by atoms with Crippen LogP contribution in [0, 0.1) is 0 Å². The maximum atomic E-state index is 3.95. The Morgan fingerprint density at radius 2 is 1.20 bits per heavy atom. The van der Waals surface area contributed by atoms with E-state index in [1.165, 1.54) is 0 Å². The van der Waals surface area contributed by atoms with Gasteiger partial charge in [0.2, 0.25) is 0 Å². The highest BCUT2D eigenvalue weighted by molar-refractivity contribution is 5.85. The Bertz CT molecular complexity index is 112. The van der Waals surface area contributed by atoms with E-state index >= 15 is 0 Å². The van der Waals surface area contributed by atoms with Gasteiger partial charge in [-0.2, -0.15) is 0 Å². The van der Waals surface area contributed by atoms with Crippen LogP contribution in [0.15, 0.2) is 9.98 Å². The Hall–Kier alpha value is -0.330. The van der Waals surface area contributed by atoms with Gasteiger partial charge in [-0.25, -0.2) is 9.98 Å². The smallest absolute Gasteiger partial charge is 0.0897 e. The Labute approximate surface area is 68.9 Å². The van der Waals surface area contributed by atoms with Crippen molar-refractivity contribution in [3.8, 4) is 0 Å². The topological polar surface area (TPSA) is 24.7 Å². The summed E-state index contributed by atoms with van der Waals surface area (Å²) in [6, 6.07) is 3.26. The van der Waals surface area contributed by atoms with E-state index < -0.39 is 0 Å². The summed E-state index contributed by atoms with van der Waals surface area (Å²) in [6.45, 7) is 8.01. The molecule has 0 aliphatic heterocycles. The molecule has 0 atom stereocenters. The van der Waals surface area contributed by atoms with Crippen LogP contribution in [0.25, 0.3) is 0 Å². The number of aliphatic imine (C=N–C) groups is 2. The molecule has 60 valence electrons. The van der Waals surface area contributed by atoms with Crippen molar-refractivity contribution in [2.45, 2.75) is 39.8 Å². The number of nitrogens with zero attached hydrogens (tertiary/aromatic N) is 2. The lowest BCUT2D eigenvalue weighted by atomic mass is 10.4. The van der Waals surface area contributed by atoms with Crippen LogP contribution in [0.5, 0.6) is 0 Å². The summed E-state index contributed by atoms with van der Waals surface area (Å²) in [5.74, 6) is 0. The molecule has 0 aromatic rings. The van der Waals surface area contributed by atoms with Crippen molar-refractivity contribution >= 4 is 18.4 Å². The molecule has 0 unspecified atom stereocenters. The van der Waals surface area contributed by atoms with E-state index in [9.17, 15) is 0 Å². The van der Waals surface area contributed by atoms with Crippen molar-refractivity contribution in [2.24, 2.45) is 9.98 Å². The molecule has 2 nitrogen and oxygen atoms in total. The fourth-order valence-corrected chi connectivity index (χ4v) is 0.264. The van der Waals surface area contributed by atoms with Crippen molar-refractivity contribution in [1.29, 1.82) is 0 Å². The first-order valence-electron chi connectivity index (χ1n) is 3.27. The molecule has 0 aromatic carbocycles. The van der Waals surface area contributed by atoms with E-state index in [-0.39, 0.29) is 12.4 Å². The normalized spacial score (nSPS) is 8.60. The molecular formula is C7H15ClN2. The Kier molecular flexibility index (Phi) is 8.38. The van der Waals surface area contributed by atoms with Crippen molar-refractivity contribution in [1.82, 2.24) is 0 Å². The molecule has 0 saturated carbocycles. The van der Waals surface area contributed by atoms with Crippen molar-refractivity contribution in [3.63, 3.8) is 0 Å². The van der Waals surface area contributed by atoms with Crippen molar-refractivity contribution < 1.29 is 0 Å². The summed E-state index contributed by atoms with van der Waals surface area (Å²) >= 11 is 0. The standard InChI is InChI=1S/C7H14N2.ClH/c1-6(2)8-5-9-7(3)4;/h6-7H,1-4H3;1H. The summed E-state index contributed by atoms with van der Waals surface area (Å²) < 4.78 is 0. The van der Waals surface area contributed by atoms with Gasteiger partial charge in [-0.3, -0.25) is 0 Å². The highest BCUT2D eigenvalue weighted by atomic mass is 35.5. The molecule has 0 rings (SSSR count). The van der Waals surface area contributed by atoms with E-state index in [4.69, 9.17) is 0 Å². The highest BCUT2D eigenvalue weighted by Crippen LogP contribution is 1.84. The SMILES string of the molecule is CC(C)N=C=NC(C)C.Cl. The Morgan fingerprint density at radius 3 is 1.40 bits per heavy atom. The summed E-state index contributed by atoms with van der Waals surface area (Å²) in [6.07, 6.45) is 0. The molecular weight excluding hydrogens is 148 g/mol. The fraction of sp³-hybridized carbons (Fsp3) is 0.857. The zero-order valence-electron chi connectivity index (χ0n) is 6.96. The first-order valence-corrected chi connectivity index (χ1v) is 3.27. The maximum Gasteiger partial charge on any atom is 0.0897 e. The van der Waals surface area contributed by atoms with Gasteiger partial charge in [0.1, 0.15) is 0 Å². The number of halogens is 1. The van der Waals surface area contributed by atoms with Gasteiger partial charge in [0.25, 0.3) is 0 Å². The molecule has 0 N–H and O–H groups in total. The molecule has 0 heterocycles. The van der Waals surface area contributed by atoms with E-state index in [0.717, 1.165) is 0 Å². The van der Waals surface area contributed by atoms with Crippen LogP contribution in [0.2, 0.25) is 0 Å². The molecule has 10 heavy (non-hydrogen) atoms. The van der Waals surface area contributed by atoms with E-state index in [0.29, 0.717) is 12.1 Å². The Morgan fingerprint density at radius 1 is 0.900 bits per heavy atom. The first-order chi connectivity index (χ1) is 4.13. The van der Waals surface area contributed by atoms with Gasteiger partial charge in [-0.05, 0) is 27.7 Å². The van der Waals surface area contributed by atoms with Crippen LogP contribution in [-0.2, 0) is 0 Å². The quantitative estimate of drug-likeness (QED) is 0.558. The lowest BCUT2D eigenvalue weighted by molar-refractivity contribution is 0.818. The van der Waals surface area contributed by atoms with Gasteiger partial charge in [-0.1, -0.05) is 0 Å². The zero-order chi connectivity index (χ0) is 7.28. The lowest BCUT2D eigenvalue weighted by Gasteiger charge is -1.89. The second kappa shape index (κ2) is 6.79. The molecule has 0 saturated heterocycles. The predicted molar refractivity (Wildman–Crippen MR) is 47.4 cm³/mol. The first kappa shape index (κ1) is 12.4. The molecule has 0 amide bonds. The van der Waals surface area contributed by atoms with Gasteiger partial charge in [0, 0.05) is 0 Å². The third-order valence-corrected chi connectivity index (χ3v) is 0.632. The number of rotatable bonds is 2.